The fraction of sp³-hybridized carbons (Fsp3) is 0.105. The summed E-state index contributed by atoms with van der Waals surface area (Å²) in [4.78, 5) is 0. The first-order valence-electron chi connectivity index (χ1n) is 15.0. The Morgan fingerprint density at radius 1 is 0.610 bits per heavy atom. The van der Waals surface area contributed by atoms with E-state index in [1.807, 2.05) is 0 Å². The molecule has 41 heavy (non-hydrogen) atoms. The summed E-state index contributed by atoms with van der Waals surface area (Å²) in [7, 11) is 0. The van der Waals surface area contributed by atoms with E-state index in [4.69, 9.17) is 0 Å². The maximum absolute atomic E-state index is 2.71. The van der Waals surface area contributed by atoms with Gasteiger partial charge in [-0.1, -0.05) is 84.9 Å². The zero-order valence-electron chi connectivity index (χ0n) is 22.6. The fourth-order valence-electron chi connectivity index (χ4n) is 8.96. The van der Waals surface area contributed by atoms with Crippen molar-refractivity contribution in [3.05, 3.63) is 114 Å². The Balaban J connectivity index is 1.44. The summed E-state index contributed by atoms with van der Waals surface area (Å²) in [5.41, 5.74) is 15.8. The zero-order chi connectivity index (χ0) is 26.4. The second kappa shape index (κ2) is 7.11. The Hall–Kier alpha value is -4.76. The average Bonchev–Trinajstić information content (AvgIpc) is 3.55. The highest BCUT2D eigenvalue weighted by molar-refractivity contribution is 6.90. The molecule has 2 nitrogen and oxygen atoms in total. The van der Waals surface area contributed by atoms with E-state index in [1.54, 1.807) is 11.1 Å². The normalized spacial score (nSPS) is 14.9. The number of fused-ring (bicyclic) bond motifs is 14. The van der Waals surface area contributed by atoms with Crippen LogP contribution in [0, 0.1) is 0 Å². The molecule has 0 radical (unpaired) electrons. The van der Waals surface area contributed by atoms with Crippen LogP contribution in [0.15, 0.2) is 103 Å². The first kappa shape index (κ1) is 21.1. The number of para-hydroxylation sites is 3. The minimum Gasteiger partial charge on any atom is -0.375 e. The molecule has 190 valence electrons. The van der Waals surface area contributed by atoms with Crippen LogP contribution < -0.4 is 10.9 Å². The monoisotopic (exact) mass is 520 g/mol. The maximum Gasteiger partial charge on any atom is 0.333 e. The second-order valence-corrected chi connectivity index (χ2v) is 12.3. The molecule has 0 saturated heterocycles. The highest BCUT2D eigenvalue weighted by Crippen LogP contribution is 2.46. The third-order valence-corrected chi connectivity index (χ3v) is 10.4. The number of benzene rings is 6. The molecule has 0 fully saturated rings. The van der Waals surface area contributed by atoms with Crippen molar-refractivity contribution in [2.75, 3.05) is 0 Å². The summed E-state index contributed by atoms with van der Waals surface area (Å²) in [6.07, 6.45) is 4.91. The molecule has 4 heterocycles. The predicted octanol–water partition coefficient (Wildman–Crippen LogP) is 7.87. The number of aromatic nitrogens is 2. The van der Waals surface area contributed by atoms with Crippen molar-refractivity contribution in [3.63, 3.8) is 0 Å². The molecule has 0 spiro atoms. The molecule has 3 aliphatic rings. The van der Waals surface area contributed by atoms with Gasteiger partial charge in [0.1, 0.15) is 0 Å². The van der Waals surface area contributed by atoms with Crippen molar-refractivity contribution in [1.29, 1.82) is 0 Å². The van der Waals surface area contributed by atoms with Crippen LogP contribution >= 0.6 is 0 Å². The molecule has 2 aliphatic heterocycles. The minimum absolute atomic E-state index is 0.142. The molecule has 0 unspecified atom stereocenters. The highest BCUT2D eigenvalue weighted by atomic mass is 15.0. The van der Waals surface area contributed by atoms with Gasteiger partial charge in [0.15, 0.2) is 0 Å². The molecular formula is C38H25BN2. The van der Waals surface area contributed by atoms with Crippen molar-refractivity contribution in [1.82, 2.24) is 9.05 Å². The Morgan fingerprint density at radius 3 is 2.39 bits per heavy atom. The van der Waals surface area contributed by atoms with E-state index in [2.05, 4.69) is 112 Å². The van der Waals surface area contributed by atoms with Crippen LogP contribution in [0.4, 0.5) is 0 Å². The van der Waals surface area contributed by atoms with Crippen LogP contribution in [-0.2, 0) is 12.8 Å². The summed E-state index contributed by atoms with van der Waals surface area (Å²) in [6.45, 7) is 0.142. The van der Waals surface area contributed by atoms with Gasteiger partial charge in [-0.3, -0.25) is 0 Å². The third-order valence-electron chi connectivity index (χ3n) is 10.4. The molecule has 0 N–H and O–H groups in total. The van der Waals surface area contributed by atoms with E-state index < -0.39 is 0 Å². The van der Waals surface area contributed by atoms with Gasteiger partial charge in [0.25, 0.3) is 0 Å². The first-order chi connectivity index (χ1) is 20.4. The number of aryl methyl sites for hydroxylation is 1. The van der Waals surface area contributed by atoms with Crippen molar-refractivity contribution in [2.45, 2.75) is 25.7 Å². The zero-order valence-corrected chi connectivity index (χ0v) is 22.6. The van der Waals surface area contributed by atoms with Crippen LogP contribution in [0.2, 0.25) is 0 Å². The van der Waals surface area contributed by atoms with E-state index in [9.17, 15) is 0 Å². The van der Waals surface area contributed by atoms with Crippen molar-refractivity contribution >= 4 is 72.2 Å². The molecule has 0 amide bonds. The molecule has 0 bridgehead atoms. The summed E-state index contributed by atoms with van der Waals surface area (Å²) >= 11 is 0. The predicted molar refractivity (Wildman–Crippen MR) is 174 cm³/mol. The third kappa shape index (κ3) is 2.33. The Bertz CT molecular complexity index is 2490. The van der Waals surface area contributed by atoms with Gasteiger partial charge >= 0.3 is 6.85 Å². The smallest absolute Gasteiger partial charge is 0.333 e. The Labute approximate surface area is 237 Å². The lowest BCUT2D eigenvalue weighted by Gasteiger charge is -2.37. The standard InChI is InChI=1S/C38H25BN2/c1-3-11-24-22(9-1)19-20-32-34(24)28-15-7-16-29-35-25-12-4-2-10-23(25)21-33-36(35)39(41(32)37(28)29)30-17-8-14-27-26-13-5-6-18-31(26)40(33)38(27)30/h1,3,5-9,11,13-21H,2,4,10,12H2. The molecule has 1 aliphatic carbocycles. The lowest BCUT2D eigenvalue weighted by atomic mass is 9.45. The summed E-state index contributed by atoms with van der Waals surface area (Å²) in [5, 5.41) is 8.14. The van der Waals surface area contributed by atoms with Gasteiger partial charge < -0.3 is 9.05 Å². The average molecular weight is 520 g/mol. The van der Waals surface area contributed by atoms with Crippen molar-refractivity contribution in [2.24, 2.45) is 0 Å². The Morgan fingerprint density at radius 2 is 1.41 bits per heavy atom. The molecule has 8 aromatic rings. The van der Waals surface area contributed by atoms with Crippen molar-refractivity contribution < 1.29 is 0 Å². The van der Waals surface area contributed by atoms with E-state index in [0.29, 0.717) is 0 Å². The summed E-state index contributed by atoms with van der Waals surface area (Å²) in [5.74, 6) is 0. The molecule has 3 heteroatoms. The molecule has 6 aromatic carbocycles. The van der Waals surface area contributed by atoms with Gasteiger partial charge in [-0.25, -0.2) is 0 Å². The lowest BCUT2D eigenvalue weighted by molar-refractivity contribution is 0.687. The quantitative estimate of drug-likeness (QED) is 0.180. The molecule has 2 aromatic heterocycles. The topological polar surface area (TPSA) is 9.86 Å². The van der Waals surface area contributed by atoms with Crippen LogP contribution in [0.5, 0.6) is 0 Å². The Kier molecular flexibility index (Phi) is 3.65. The molecule has 11 rings (SSSR count). The van der Waals surface area contributed by atoms with Crippen LogP contribution in [0.25, 0.3) is 71.2 Å². The number of hydrogen-bond donors (Lipinski definition) is 0. The molecule has 0 saturated carbocycles. The summed E-state index contributed by atoms with van der Waals surface area (Å²) in [6, 6.07) is 39.3. The number of nitrogens with zero attached hydrogens (tertiary/aromatic N) is 2. The second-order valence-electron chi connectivity index (χ2n) is 12.3. The number of rotatable bonds is 0. The largest absolute Gasteiger partial charge is 0.375 e. The fourth-order valence-corrected chi connectivity index (χ4v) is 8.96. The maximum atomic E-state index is 2.71. The molecule has 0 atom stereocenters. The van der Waals surface area contributed by atoms with Gasteiger partial charge in [0, 0.05) is 43.8 Å². The SMILES string of the molecule is c1ccc2c(c1)ccc1c2c2cccc3c2n1B1c2c(cc4c(c2-3)CCCC4)-n2c3ccccc3c3cccc1c32. The molecular weight excluding hydrogens is 495 g/mol. The highest BCUT2D eigenvalue weighted by Gasteiger charge is 2.42. The van der Waals surface area contributed by atoms with E-state index in [1.165, 1.54) is 108 Å². The van der Waals surface area contributed by atoms with E-state index >= 15 is 0 Å². The van der Waals surface area contributed by atoms with E-state index in [0.717, 1.165) is 0 Å². The minimum atomic E-state index is 0.142. The van der Waals surface area contributed by atoms with Crippen molar-refractivity contribution in [3.8, 4) is 16.8 Å². The van der Waals surface area contributed by atoms with Gasteiger partial charge in [-0.05, 0) is 82.3 Å². The van der Waals surface area contributed by atoms with Gasteiger partial charge in [0.2, 0.25) is 0 Å². The van der Waals surface area contributed by atoms with E-state index in [-0.39, 0.29) is 6.85 Å². The van der Waals surface area contributed by atoms with Crippen LogP contribution in [0.1, 0.15) is 24.0 Å². The van der Waals surface area contributed by atoms with Gasteiger partial charge in [0.05, 0.1) is 11.0 Å². The van der Waals surface area contributed by atoms with Gasteiger partial charge in [-0.2, -0.15) is 0 Å². The van der Waals surface area contributed by atoms with Crippen LogP contribution in [0.3, 0.4) is 0 Å². The lowest BCUT2D eigenvalue weighted by Crippen LogP contribution is -2.55. The summed E-state index contributed by atoms with van der Waals surface area (Å²) < 4.78 is 5.32. The van der Waals surface area contributed by atoms with Crippen LogP contribution in [-0.4, -0.2) is 15.9 Å². The van der Waals surface area contributed by atoms with Gasteiger partial charge in [-0.15, -0.1) is 0 Å². The number of hydrogen-bond acceptors (Lipinski definition) is 0. The first-order valence-corrected chi connectivity index (χ1v) is 15.0.